The Labute approximate surface area is 165 Å². The Morgan fingerprint density at radius 1 is 1.04 bits per heavy atom. The van der Waals surface area contributed by atoms with Gasteiger partial charge < -0.3 is 24.8 Å². The molecule has 2 N–H and O–H groups in total. The van der Waals surface area contributed by atoms with Crippen molar-refractivity contribution in [3.8, 4) is 17.2 Å². The molecular weight excluding hydrogens is 360 g/mol. The second kappa shape index (κ2) is 6.93. The predicted octanol–water partition coefficient (Wildman–Crippen LogP) is 4.36. The quantitative estimate of drug-likeness (QED) is 0.751. The number of thiocarbonyl (C=S) groups is 1. The molecule has 6 heteroatoms. The van der Waals surface area contributed by atoms with Gasteiger partial charge in [0.1, 0.15) is 24.6 Å². The van der Waals surface area contributed by atoms with Gasteiger partial charge in [-0.25, -0.2) is 0 Å². The molecule has 0 radical (unpaired) electrons. The number of ether oxygens (including phenoxy) is 3. The maximum Gasteiger partial charge on any atom is 0.171 e. The van der Waals surface area contributed by atoms with Crippen molar-refractivity contribution in [2.45, 2.75) is 38.8 Å². The Balaban J connectivity index is 1.50. The van der Waals surface area contributed by atoms with E-state index in [1.807, 2.05) is 24.3 Å². The number of hydrogen-bond donors (Lipinski definition) is 2. The van der Waals surface area contributed by atoms with E-state index in [0.29, 0.717) is 18.3 Å². The minimum Gasteiger partial charge on any atom is -0.487 e. The van der Waals surface area contributed by atoms with Gasteiger partial charge in [-0.3, -0.25) is 0 Å². The average Bonchev–Trinajstić information content (AvgIpc) is 2.61. The lowest BCUT2D eigenvalue weighted by Crippen LogP contribution is -2.42. The lowest BCUT2D eigenvalue weighted by Gasteiger charge is -2.38. The minimum absolute atomic E-state index is 0.0841. The number of hydrogen-bond acceptors (Lipinski definition) is 4. The Kier molecular flexibility index (Phi) is 4.60. The van der Waals surface area contributed by atoms with Crippen LogP contribution in [0.1, 0.15) is 37.4 Å². The van der Waals surface area contributed by atoms with E-state index in [1.165, 1.54) is 5.56 Å². The van der Waals surface area contributed by atoms with Crippen LogP contribution in [0.15, 0.2) is 36.4 Å². The third-order valence-electron chi connectivity index (χ3n) is 4.73. The van der Waals surface area contributed by atoms with Crippen molar-refractivity contribution in [3.63, 3.8) is 0 Å². The molecule has 0 spiro atoms. The molecule has 27 heavy (non-hydrogen) atoms. The van der Waals surface area contributed by atoms with Crippen molar-refractivity contribution in [2.75, 3.05) is 18.5 Å². The largest absolute Gasteiger partial charge is 0.487 e. The molecule has 1 unspecified atom stereocenters. The molecule has 4 rings (SSSR count). The van der Waals surface area contributed by atoms with Crippen LogP contribution in [0.5, 0.6) is 17.2 Å². The van der Waals surface area contributed by atoms with E-state index in [2.05, 4.69) is 43.5 Å². The first kappa shape index (κ1) is 17.9. The summed E-state index contributed by atoms with van der Waals surface area (Å²) in [7, 11) is 0. The first-order valence-electron chi connectivity index (χ1n) is 9.16. The highest BCUT2D eigenvalue weighted by Crippen LogP contribution is 2.40. The van der Waals surface area contributed by atoms with Crippen molar-refractivity contribution in [2.24, 2.45) is 0 Å². The van der Waals surface area contributed by atoms with Gasteiger partial charge in [0.05, 0.1) is 6.04 Å². The molecule has 0 saturated carbocycles. The summed E-state index contributed by atoms with van der Waals surface area (Å²) in [6.07, 6.45) is 0.826. The Hall–Kier alpha value is -2.47. The smallest absolute Gasteiger partial charge is 0.171 e. The topological polar surface area (TPSA) is 51.8 Å². The summed E-state index contributed by atoms with van der Waals surface area (Å²) in [5.41, 5.74) is 2.95. The van der Waals surface area contributed by atoms with Crippen molar-refractivity contribution in [1.82, 2.24) is 5.32 Å². The maximum absolute atomic E-state index is 6.13. The molecule has 0 aliphatic carbocycles. The summed E-state index contributed by atoms with van der Waals surface area (Å²) >= 11 is 5.57. The average molecular weight is 385 g/mol. The highest BCUT2D eigenvalue weighted by atomic mass is 32.1. The summed E-state index contributed by atoms with van der Waals surface area (Å²) in [6, 6.07) is 12.1. The second-order valence-electron chi connectivity index (χ2n) is 7.62. The molecule has 0 saturated heterocycles. The van der Waals surface area contributed by atoms with Crippen LogP contribution in [-0.2, 0) is 0 Å². The van der Waals surface area contributed by atoms with Crippen LogP contribution in [0.25, 0.3) is 0 Å². The molecule has 2 aliphatic rings. The number of rotatable bonds is 2. The number of aryl methyl sites for hydroxylation is 1. The van der Waals surface area contributed by atoms with Crippen molar-refractivity contribution >= 4 is 23.0 Å². The van der Waals surface area contributed by atoms with Gasteiger partial charge in [0.25, 0.3) is 0 Å². The lowest BCUT2D eigenvalue weighted by molar-refractivity contribution is 0.0696. The van der Waals surface area contributed by atoms with E-state index in [9.17, 15) is 0 Å². The molecule has 0 aromatic heterocycles. The summed E-state index contributed by atoms with van der Waals surface area (Å²) < 4.78 is 17.3. The molecule has 1 atom stereocenters. The molecule has 2 heterocycles. The molecule has 0 bridgehead atoms. The maximum atomic E-state index is 6.13. The molecule has 2 aliphatic heterocycles. The molecule has 5 nitrogen and oxygen atoms in total. The van der Waals surface area contributed by atoms with Crippen LogP contribution in [0, 0.1) is 6.92 Å². The van der Waals surface area contributed by atoms with Crippen LogP contribution in [-0.4, -0.2) is 23.9 Å². The van der Waals surface area contributed by atoms with Gasteiger partial charge in [-0.05, 0) is 51.2 Å². The Morgan fingerprint density at radius 3 is 2.59 bits per heavy atom. The zero-order valence-corrected chi connectivity index (χ0v) is 16.6. The highest BCUT2D eigenvalue weighted by Gasteiger charge is 2.34. The number of anilines is 1. The molecule has 2 aromatic carbocycles. The van der Waals surface area contributed by atoms with Crippen molar-refractivity contribution in [1.29, 1.82) is 0 Å². The third-order valence-corrected chi connectivity index (χ3v) is 4.95. The van der Waals surface area contributed by atoms with Crippen molar-refractivity contribution in [3.05, 3.63) is 47.5 Å². The summed E-state index contributed by atoms with van der Waals surface area (Å²) in [5, 5.41) is 7.28. The van der Waals surface area contributed by atoms with E-state index in [-0.39, 0.29) is 11.6 Å². The van der Waals surface area contributed by atoms with Crippen LogP contribution < -0.4 is 24.8 Å². The highest BCUT2D eigenvalue weighted by molar-refractivity contribution is 7.80. The summed E-state index contributed by atoms with van der Waals surface area (Å²) in [5.74, 6) is 2.42. The zero-order valence-electron chi connectivity index (χ0n) is 15.8. The fourth-order valence-electron chi connectivity index (χ4n) is 3.55. The van der Waals surface area contributed by atoms with E-state index < -0.39 is 0 Å². The first-order valence-corrected chi connectivity index (χ1v) is 9.57. The predicted molar refractivity (Wildman–Crippen MR) is 110 cm³/mol. The van der Waals surface area contributed by atoms with Gasteiger partial charge in [-0.2, -0.15) is 0 Å². The van der Waals surface area contributed by atoms with Gasteiger partial charge in [-0.15, -0.1) is 0 Å². The monoisotopic (exact) mass is 384 g/mol. The van der Waals surface area contributed by atoms with Gasteiger partial charge in [-0.1, -0.05) is 17.7 Å². The summed E-state index contributed by atoms with van der Waals surface area (Å²) in [6.45, 7) is 7.43. The van der Waals surface area contributed by atoms with E-state index in [0.717, 1.165) is 34.9 Å². The lowest BCUT2D eigenvalue weighted by atomic mass is 9.89. The molecular formula is C21H24N2O3S. The third kappa shape index (κ3) is 3.95. The van der Waals surface area contributed by atoms with E-state index in [1.54, 1.807) is 0 Å². The van der Waals surface area contributed by atoms with Gasteiger partial charge in [0.2, 0.25) is 0 Å². The first-order chi connectivity index (χ1) is 12.9. The SMILES string of the molecule is Cc1ccc2c(c1)C(NC(=S)Nc1ccc3c(c1)OCCO3)CC(C)(C)O2. The van der Waals surface area contributed by atoms with Crippen LogP contribution >= 0.6 is 12.2 Å². The normalized spacial score (nSPS) is 19.4. The molecule has 2 aromatic rings. The number of fused-ring (bicyclic) bond motifs is 2. The van der Waals surface area contributed by atoms with Crippen LogP contribution in [0.2, 0.25) is 0 Å². The van der Waals surface area contributed by atoms with Crippen LogP contribution in [0.3, 0.4) is 0 Å². The zero-order chi connectivity index (χ0) is 19.0. The standard InChI is InChI=1S/C21H24N2O3S/c1-13-4-6-17-15(10-13)16(12-21(2,3)26-17)23-20(27)22-14-5-7-18-19(11-14)25-9-8-24-18/h4-7,10-11,16H,8-9,12H2,1-3H3,(H2,22,23,27). The fraction of sp³-hybridized carbons (Fsp3) is 0.381. The van der Waals surface area contributed by atoms with Crippen LogP contribution in [0.4, 0.5) is 5.69 Å². The van der Waals surface area contributed by atoms with E-state index >= 15 is 0 Å². The molecule has 0 amide bonds. The number of nitrogens with one attached hydrogen (secondary N) is 2. The van der Waals surface area contributed by atoms with E-state index in [4.69, 9.17) is 26.4 Å². The number of benzene rings is 2. The van der Waals surface area contributed by atoms with Gasteiger partial charge in [0.15, 0.2) is 16.6 Å². The minimum atomic E-state index is -0.257. The summed E-state index contributed by atoms with van der Waals surface area (Å²) in [4.78, 5) is 0. The molecule has 0 fully saturated rings. The second-order valence-corrected chi connectivity index (χ2v) is 8.02. The van der Waals surface area contributed by atoms with Gasteiger partial charge >= 0.3 is 0 Å². The Morgan fingerprint density at radius 2 is 1.78 bits per heavy atom. The van der Waals surface area contributed by atoms with Gasteiger partial charge in [0, 0.05) is 23.7 Å². The molecule has 142 valence electrons. The fourth-order valence-corrected chi connectivity index (χ4v) is 3.81. The van der Waals surface area contributed by atoms with Crippen molar-refractivity contribution < 1.29 is 14.2 Å². The Bertz CT molecular complexity index is 882.